The van der Waals surface area contributed by atoms with Crippen LogP contribution in [0.2, 0.25) is 0 Å². The fourth-order valence-corrected chi connectivity index (χ4v) is 6.93. The highest BCUT2D eigenvalue weighted by Gasteiger charge is 2.44. The number of Topliss-reactive ketones (excluding diaryl/α,β-unsaturated/α-hetero) is 2. The van der Waals surface area contributed by atoms with Gasteiger partial charge in [-0.15, -0.1) is 0 Å². The number of aromatic nitrogens is 1. The normalized spacial score (nSPS) is 14.9. The molecular formula is C36H34N2O4. The minimum absolute atomic E-state index is 0.229. The van der Waals surface area contributed by atoms with Crippen LogP contribution in [0.15, 0.2) is 24.3 Å². The Morgan fingerprint density at radius 1 is 0.595 bits per heavy atom. The summed E-state index contributed by atoms with van der Waals surface area (Å²) in [4.78, 5) is 61.5. The van der Waals surface area contributed by atoms with E-state index in [1.807, 2.05) is 74.4 Å². The van der Waals surface area contributed by atoms with Crippen molar-refractivity contribution in [2.45, 2.75) is 74.7 Å². The van der Waals surface area contributed by atoms with Crippen molar-refractivity contribution in [3.63, 3.8) is 0 Å². The van der Waals surface area contributed by atoms with Crippen molar-refractivity contribution in [2.24, 2.45) is 0 Å². The summed E-state index contributed by atoms with van der Waals surface area (Å²) >= 11 is 0. The Morgan fingerprint density at radius 2 is 1.05 bits per heavy atom. The van der Waals surface area contributed by atoms with E-state index in [1.165, 1.54) is 4.90 Å². The van der Waals surface area contributed by atoms with Gasteiger partial charge in [0.1, 0.15) is 5.92 Å². The molecule has 0 saturated carbocycles. The Bertz CT molecular complexity index is 1890. The van der Waals surface area contributed by atoms with E-state index in [0.29, 0.717) is 51.0 Å². The van der Waals surface area contributed by atoms with Crippen LogP contribution < -0.4 is 4.90 Å². The molecule has 0 spiro atoms. The largest absolute Gasteiger partial charge is 0.293 e. The number of benzene rings is 3. The van der Waals surface area contributed by atoms with Crippen molar-refractivity contribution in [1.29, 1.82) is 0 Å². The van der Waals surface area contributed by atoms with Gasteiger partial charge in [-0.2, -0.15) is 0 Å². The first kappa shape index (κ1) is 27.7. The van der Waals surface area contributed by atoms with Gasteiger partial charge < -0.3 is 0 Å². The van der Waals surface area contributed by atoms with E-state index in [0.717, 1.165) is 50.1 Å². The highest BCUT2D eigenvalue weighted by molar-refractivity contribution is 6.37. The SMILES string of the molecule is CCc1ccc2nc(C3C(=O)c4c(C)c(C)c(C)c(C)c4C3=O)ccc2c1N1C(=O)c2c(C)c(C)c(C)c(C)c2C1=O. The molecule has 2 heterocycles. The average Bonchev–Trinajstić information content (AvgIpc) is 3.39. The Kier molecular flexibility index (Phi) is 6.12. The number of amides is 2. The van der Waals surface area contributed by atoms with Crippen LogP contribution in [0, 0.1) is 55.4 Å². The Balaban J connectivity index is 1.51. The second kappa shape index (κ2) is 9.28. The molecule has 0 bridgehead atoms. The van der Waals surface area contributed by atoms with E-state index < -0.39 is 5.92 Å². The second-order valence-electron chi connectivity index (χ2n) is 11.8. The molecule has 0 unspecified atom stereocenters. The Hall–Kier alpha value is -4.45. The molecule has 6 rings (SSSR count). The number of fused-ring (bicyclic) bond motifs is 3. The summed E-state index contributed by atoms with van der Waals surface area (Å²) < 4.78 is 0. The lowest BCUT2D eigenvalue weighted by Gasteiger charge is -2.21. The zero-order valence-corrected chi connectivity index (χ0v) is 25.6. The van der Waals surface area contributed by atoms with Gasteiger partial charge in [-0.1, -0.05) is 13.0 Å². The third kappa shape index (κ3) is 3.41. The first-order valence-corrected chi connectivity index (χ1v) is 14.4. The summed E-state index contributed by atoms with van der Waals surface area (Å²) in [6.45, 7) is 17.5. The number of rotatable bonds is 3. The minimum atomic E-state index is -1.02. The lowest BCUT2D eigenvalue weighted by Crippen LogP contribution is -2.31. The summed E-state index contributed by atoms with van der Waals surface area (Å²) in [6, 6.07) is 7.21. The molecule has 1 aromatic heterocycles. The maximum atomic E-state index is 14.0. The third-order valence-corrected chi connectivity index (χ3v) is 10.1. The van der Waals surface area contributed by atoms with Crippen molar-refractivity contribution in [3.05, 3.63) is 102 Å². The van der Waals surface area contributed by atoms with E-state index in [1.54, 1.807) is 12.1 Å². The van der Waals surface area contributed by atoms with E-state index in [-0.39, 0.29) is 23.4 Å². The van der Waals surface area contributed by atoms with Gasteiger partial charge in [0.2, 0.25) is 0 Å². The maximum absolute atomic E-state index is 14.0. The summed E-state index contributed by atoms with van der Waals surface area (Å²) in [5.74, 6) is -2.15. The lowest BCUT2D eigenvalue weighted by molar-refractivity contribution is 0.0882. The van der Waals surface area contributed by atoms with Gasteiger partial charge in [-0.25, -0.2) is 4.90 Å². The Morgan fingerprint density at radius 3 is 1.50 bits per heavy atom. The Labute approximate surface area is 245 Å². The van der Waals surface area contributed by atoms with E-state index >= 15 is 0 Å². The highest BCUT2D eigenvalue weighted by Crippen LogP contribution is 2.43. The molecule has 3 aromatic carbocycles. The number of ketones is 2. The summed E-state index contributed by atoms with van der Waals surface area (Å²) in [5, 5.41) is 0.630. The molecule has 1 aliphatic carbocycles. The van der Waals surface area contributed by atoms with Crippen molar-refractivity contribution < 1.29 is 19.2 Å². The molecule has 4 aromatic rings. The number of hydrogen-bond donors (Lipinski definition) is 0. The first-order valence-electron chi connectivity index (χ1n) is 14.4. The van der Waals surface area contributed by atoms with Crippen molar-refractivity contribution in [1.82, 2.24) is 4.98 Å². The number of carbonyl (C=O) groups excluding carboxylic acids is 4. The zero-order chi connectivity index (χ0) is 30.5. The third-order valence-electron chi connectivity index (χ3n) is 10.1. The average molecular weight is 559 g/mol. The van der Waals surface area contributed by atoms with Gasteiger partial charge in [-0.05, 0) is 130 Å². The standard InChI is InChI=1S/C36H34N2O4/c1-10-23-11-13-25-24(32(23)38-35(41)29-21(8)17(4)18(5)22(9)30(29)36(38)42)12-14-26(37-25)31-33(39)27-19(6)15(2)16(3)20(7)28(27)34(31)40/h11-14,31H,10H2,1-9H3. The van der Waals surface area contributed by atoms with Gasteiger partial charge in [0.05, 0.1) is 28.0 Å². The molecule has 0 N–H and O–H groups in total. The summed E-state index contributed by atoms with van der Waals surface area (Å²) in [5.41, 5.74) is 11.5. The molecule has 0 saturated heterocycles. The molecule has 6 heteroatoms. The monoisotopic (exact) mass is 558 g/mol. The van der Waals surface area contributed by atoms with E-state index in [9.17, 15) is 19.2 Å². The van der Waals surface area contributed by atoms with Crippen LogP contribution in [-0.4, -0.2) is 28.4 Å². The van der Waals surface area contributed by atoms with E-state index in [4.69, 9.17) is 4.98 Å². The second-order valence-corrected chi connectivity index (χ2v) is 11.8. The lowest BCUT2D eigenvalue weighted by atomic mass is 9.90. The topological polar surface area (TPSA) is 84.4 Å². The first-order chi connectivity index (χ1) is 19.8. The minimum Gasteiger partial charge on any atom is -0.293 e. The smallest absolute Gasteiger partial charge is 0.266 e. The molecule has 0 radical (unpaired) electrons. The number of anilines is 1. The predicted octanol–water partition coefficient (Wildman–Crippen LogP) is 7.23. The van der Waals surface area contributed by atoms with Crippen molar-refractivity contribution >= 4 is 40.0 Å². The number of pyridine rings is 1. The van der Waals surface area contributed by atoms with Crippen LogP contribution >= 0.6 is 0 Å². The van der Waals surface area contributed by atoms with Crippen molar-refractivity contribution in [2.75, 3.05) is 4.90 Å². The van der Waals surface area contributed by atoms with Crippen LogP contribution in [0.5, 0.6) is 0 Å². The van der Waals surface area contributed by atoms with Gasteiger partial charge in [0.15, 0.2) is 11.6 Å². The molecule has 6 nitrogen and oxygen atoms in total. The molecule has 0 fully saturated rings. The molecule has 0 atom stereocenters. The number of aryl methyl sites for hydroxylation is 1. The number of hydrogen-bond acceptors (Lipinski definition) is 5. The van der Waals surface area contributed by atoms with Crippen LogP contribution in [0.1, 0.15) is 110 Å². The fraction of sp³-hybridized carbons (Fsp3) is 0.306. The predicted molar refractivity (Wildman–Crippen MR) is 164 cm³/mol. The van der Waals surface area contributed by atoms with Gasteiger partial charge in [0.25, 0.3) is 11.8 Å². The van der Waals surface area contributed by atoms with Gasteiger partial charge in [0, 0.05) is 16.5 Å². The summed E-state index contributed by atoms with van der Waals surface area (Å²) in [6.07, 6.45) is 0.600. The van der Waals surface area contributed by atoms with E-state index in [2.05, 4.69) is 0 Å². The maximum Gasteiger partial charge on any atom is 0.266 e. The molecule has 42 heavy (non-hydrogen) atoms. The number of nitrogens with zero attached hydrogens (tertiary/aromatic N) is 2. The fourth-order valence-electron chi connectivity index (χ4n) is 6.93. The number of imide groups is 1. The van der Waals surface area contributed by atoms with Gasteiger partial charge >= 0.3 is 0 Å². The zero-order valence-electron chi connectivity index (χ0n) is 25.6. The van der Waals surface area contributed by atoms with Crippen LogP contribution in [-0.2, 0) is 6.42 Å². The highest BCUT2D eigenvalue weighted by atomic mass is 16.2. The molecule has 212 valence electrons. The van der Waals surface area contributed by atoms with Gasteiger partial charge in [-0.3, -0.25) is 24.2 Å². The quantitative estimate of drug-likeness (QED) is 0.196. The summed E-state index contributed by atoms with van der Waals surface area (Å²) in [7, 11) is 0. The van der Waals surface area contributed by atoms with Crippen LogP contribution in [0.4, 0.5) is 5.69 Å². The molecule has 2 aliphatic rings. The van der Waals surface area contributed by atoms with Crippen molar-refractivity contribution in [3.8, 4) is 0 Å². The van der Waals surface area contributed by atoms with Crippen LogP contribution in [0.25, 0.3) is 10.9 Å². The van der Waals surface area contributed by atoms with Crippen LogP contribution in [0.3, 0.4) is 0 Å². The number of carbonyl (C=O) groups is 4. The molecular weight excluding hydrogens is 524 g/mol. The molecule has 2 amide bonds. The molecule has 1 aliphatic heterocycles.